The van der Waals surface area contributed by atoms with Crippen LogP contribution in [0.2, 0.25) is 0 Å². The number of anilines is 1. The molecule has 2 amide bonds. The van der Waals surface area contributed by atoms with E-state index in [-0.39, 0.29) is 18.2 Å². The molecule has 0 aliphatic carbocycles. The number of hydrogen-bond acceptors (Lipinski definition) is 6. The zero-order chi connectivity index (χ0) is 19.9. The van der Waals surface area contributed by atoms with E-state index in [0.717, 1.165) is 16.1 Å². The molecule has 144 valence electrons. The molecule has 1 heterocycles. The third-order valence-electron chi connectivity index (χ3n) is 3.98. The van der Waals surface area contributed by atoms with Crippen molar-refractivity contribution < 1.29 is 14.3 Å². The van der Waals surface area contributed by atoms with Gasteiger partial charge in [0.1, 0.15) is 10.8 Å². The summed E-state index contributed by atoms with van der Waals surface area (Å²) in [5.41, 5.74) is 1.75. The third kappa shape index (κ3) is 5.14. The van der Waals surface area contributed by atoms with Crippen molar-refractivity contribution in [2.24, 2.45) is 0 Å². The van der Waals surface area contributed by atoms with Crippen LogP contribution >= 0.6 is 11.3 Å². The highest BCUT2D eigenvalue weighted by Crippen LogP contribution is 2.27. The molecular weight excluding hydrogens is 376 g/mol. The molecule has 0 saturated heterocycles. The minimum Gasteiger partial charge on any atom is -0.497 e. The first kappa shape index (κ1) is 19.5. The van der Waals surface area contributed by atoms with Crippen LogP contribution in [0.1, 0.15) is 24.9 Å². The molecule has 0 saturated carbocycles. The Bertz CT molecular complexity index is 942. The van der Waals surface area contributed by atoms with E-state index in [0.29, 0.717) is 10.9 Å². The molecule has 3 rings (SSSR count). The molecule has 0 bridgehead atoms. The normalized spacial score (nSPS) is 11.5. The number of rotatable bonds is 7. The predicted octanol–water partition coefficient (Wildman–Crippen LogP) is 3.42. The number of carbonyl (C=O) groups excluding carboxylic acids is 2. The maximum atomic E-state index is 12.5. The van der Waals surface area contributed by atoms with Gasteiger partial charge in [-0.05, 0) is 17.7 Å². The van der Waals surface area contributed by atoms with E-state index in [1.165, 1.54) is 18.3 Å². The Balaban J connectivity index is 1.68. The van der Waals surface area contributed by atoms with Crippen LogP contribution in [0.4, 0.5) is 5.13 Å². The summed E-state index contributed by atoms with van der Waals surface area (Å²) in [6.45, 7) is 1.42. The zero-order valence-electron chi connectivity index (χ0n) is 15.5. The molecule has 1 atom stereocenters. The van der Waals surface area contributed by atoms with Gasteiger partial charge in [0.25, 0.3) is 0 Å². The predicted molar refractivity (Wildman–Crippen MR) is 108 cm³/mol. The van der Waals surface area contributed by atoms with Crippen LogP contribution in [0.25, 0.3) is 10.6 Å². The van der Waals surface area contributed by atoms with E-state index in [9.17, 15) is 9.59 Å². The number of carbonyl (C=O) groups is 2. The SMILES string of the molecule is COc1ccc(C(CC(=O)Nc2nnc(-c3ccccc3)s2)NC(C)=O)cc1. The van der Waals surface area contributed by atoms with E-state index < -0.39 is 6.04 Å². The lowest BCUT2D eigenvalue weighted by atomic mass is 10.0. The summed E-state index contributed by atoms with van der Waals surface area (Å²) >= 11 is 1.30. The van der Waals surface area contributed by atoms with Crippen molar-refractivity contribution in [3.8, 4) is 16.3 Å². The van der Waals surface area contributed by atoms with Gasteiger partial charge in [0, 0.05) is 12.5 Å². The van der Waals surface area contributed by atoms with Crippen molar-refractivity contribution in [3.63, 3.8) is 0 Å². The number of hydrogen-bond donors (Lipinski definition) is 2. The van der Waals surface area contributed by atoms with E-state index in [1.54, 1.807) is 19.2 Å². The second-order valence-electron chi connectivity index (χ2n) is 6.06. The Morgan fingerprint density at radius 3 is 2.43 bits per heavy atom. The largest absolute Gasteiger partial charge is 0.497 e. The smallest absolute Gasteiger partial charge is 0.228 e. The summed E-state index contributed by atoms with van der Waals surface area (Å²) < 4.78 is 5.15. The number of methoxy groups -OCH3 is 1. The molecular formula is C20H20N4O3S. The van der Waals surface area contributed by atoms with Crippen LogP contribution in [0.5, 0.6) is 5.75 Å². The molecule has 0 aliphatic heterocycles. The van der Waals surface area contributed by atoms with Crippen molar-refractivity contribution in [2.75, 3.05) is 12.4 Å². The standard InChI is InChI=1S/C20H20N4O3S/c1-13(25)21-17(14-8-10-16(27-2)11-9-14)12-18(26)22-20-24-23-19(28-20)15-6-4-3-5-7-15/h3-11,17H,12H2,1-2H3,(H,21,25)(H,22,24,26). The van der Waals surface area contributed by atoms with E-state index in [4.69, 9.17) is 4.74 Å². The first-order valence-corrected chi connectivity index (χ1v) is 9.46. The molecule has 3 aromatic rings. The van der Waals surface area contributed by atoms with Gasteiger partial charge in [-0.2, -0.15) is 0 Å². The van der Waals surface area contributed by atoms with Crippen molar-refractivity contribution in [3.05, 3.63) is 60.2 Å². The maximum Gasteiger partial charge on any atom is 0.228 e. The fourth-order valence-corrected chi connectivity index (χ4v) is 3.43. The summed E-state index contributed by atoms with van der Waals surface area (Å²) in [5.74, 6) is 0.235. The molecule has 0 aliphatic rings. The van der Waals surface area contributed by atoms with Gasteiger partial charge in [0.2, 0.25) is 16.9 Å². The molecule has 0 radical (unpaired) electrons. The molecule has 2 N–H and O–H groups in total. The summed E-state index contributed by atoms with van der Waals surface area (Å²) in [6.07, 6.45) is 0.0756. The Labute approximate surface area is 166 Å². The maximum absolute atomic E-state index is 12.5. The fraction of sp³-hybridized carbons (Fsp3) is 0.200. The van der Waals surface area contributed by atoms with Crippen LogP contribution in [0.15, 0.2) is 54.6 Å². The number of nitrogens with zero attached hydrogens (tertiary/aromatic N) is 2. The van der Waals surface area contributed by atoms with Crippen molar-refractivity contribution in [1.82, 2.24) is 15.5 Å². The number of nitrogens with one attached hydrogen (secondary N) is 2. The summed E-state index contributed by atoms with van der Waals surface area (Å²) in [7, 11) is 1.58. The van der Waals surface area contributed by atoms with Gasteiger partial charge in [-0.3, -0.25) is 9.59 Å². The van der Waals surface area contributed by atoms with E-state index in [1.807, 2.05) is 42.5 Å². The van der Waals surface area contributed by atoms with Crippen molar-refractivity contribution >= 4 is 28.3 Å². The van der Waals surface area contributed by atoms with Gasteiger partial charge < -0.3 is 15.4 Å². The Kier molecular flexibility index (Phi) is 6.33. The average molecular weight is 396 g/mol. The van der Waals surface area contributed by atoms with Crippen LogP contribution in [-0.4, -0.2) is 29.1 Å². The second-order valence-corrected chi connectivity index (χ2v) is 7.03. The van der Waals surface area contributed by atoms with Gasteiger partial charge >= 0.3 is 0 Å². The summed E-state index contributed by atoms with van der Waals surface area (Å²) in [5, 5.41) is 14.9. The molecule has 8 heteroatoms. The minimum atomic E-state index is -0.454. The van der Waals surface area contributed by atoms with Crippen LogP contribution < -0.4 is 15.4 Å². The molecule has 1 unspecified atom stereocenters. The molecule has 0 fully saturated rings. The Morgan fingerprint density at radius 2 is 1.79 bits per heavy atom. The summed E-state index contributed by atoms with van der Waals surface area (Å²) in [4.78, 5) is 24.1. The molecule has 0 spiro atoms. The Morgan fingerprint density at radius 1 is 1.07 bits per heavy atom. The molecule has 28 heavy (non-hydrogen) atoms. The summed E-state index contributed by atoms with van der Waals surface area (Å²) in [6, 6.07) is 16.4. The molecule has 7 nitrogen and oxygen atoms in total. The van der Waals surface area contributed by atoms with E-state index in [2.05, 4.69) is 20.8 Å². The highest BCUT2D eigenvalue weighted by molar-refractivity contribution is 7.18. The highest BCUT2D eigenvalue weighted by Gasteiger charge is 2.18. The lowest BCUT2D eigenvalue weighted by molar-refractivity contribution is -0.120. The Hall–Kier alpha value is -3.26. The number of amides is 2. The highest BCUT2D eigenvalue weighted by atomic mass is 32.1. The number of benzene rings is 2. The second kappa shape index (κ2) is 9.09. The van der Waals surface area contributed by atoms with Gasteiger partial charge in [0.05, 0.1) is 19.6 Å². The number of aromatic nitrogens is 2. The minimum absolute atomic E-state index is 0.0756. The molecule has 2 aromatic carbocycles. The quantitative estimate of drug-likeness (QED) is 0.638. The van der Waals surface area contributed by atoms with Gasteiger partial charge in [-0.25, -0.2) is 0 Å². The topological polar surface area (TPSA) is 93.2 Å². The lowest BCUT2D eigenvalue weighted by Crippen LogP contribution is -2.29. The van der Waals surface area contributed by atoms with Crippen LogP contribution in [0, 0.1) is 0 Å². The first-order chi connectivity index (χ1) is 13.5. The first-order valence-electron chi connectivity index (χ1n) is 8.65. The average Bonchev–Trinajstić information content (AvgIpc) is 3.16. The van der Waals surface area contributed by atoms with Crippen LogP contribution in [0.3, 0.4) is 0 Å². The van der Waals surface area contributed by atoms with Gasteiger partial charge in [-0.15, -0.1) is 10.2 Å². The van der Waals surface area contributed by atoms with Crippen molar-refractivity contribution in [1.29, 1.82) is 0 Å². The van der Waals surface area contributed by atoms with Gasteiger partial charge in [-0.1, -0.05) is 53.8 Å². The number of ether oxygens (including phenoxy) is 1. The van der Waals surface area contributed by atoms with E-state index >= 15 is 0 Å². The molecule has 1 aromatic heterocycles. The van der Waals surface area contributed by atoms with Crippen molar-refractivity contribution in [2.45, 2.75) is 19.4 Å². The van der Waals surface area contributed by atoms with Gasteiger partial charge in [0.15, 0.2) is 0 Å². The zero-order valence-corrected chi connectivity index (χ0v) is 16.3. The lowest BCUT2D eigenvalue weighted by Gasteiger charge is -2.18. The monoisotopic (exact) mass is 396 g/mol. The van der Waals surface area contributed by atoms with Crippen LogP contribution in [-0.2, 0) is 9.59 Å². The fourth-order valence-electron chi connectivity index (χ4n) is 2.66. The third-order valence-corrected chi connectivity index (χ3v) is 4.87.